The zero-order chi connectivity index (χ0) is 24.7. The number of aromatic nitrogens is 1. The summed E-state index contributed by atoms with van der Waals surface area (Å²) in [4.78, 5) is 15.7. The normalized spacial score (nSPS) is 18.1. The number of fused-ring (bicyclic) bond motifs is 1. The van der Waals surface area contributed by atoms with Crippen molar-refractivity contribution >= 4 is 15.8 Å². The number of benzene rings is 2. The van der Waals surface area contributed by atoms with Crippen molar-refractivity contribution in [1.29, 1.82) is 0 Å². The Hall–Kier alpha value is -3.14. The molecule has 0 radical (unpaired) electrons. The second kappa shape index (κ2) is 9.14. The molecule has 2 aliphatic heterocycles. The predicted molar refractivity (Wildman–Crippen MR) is 132 cm³/mol. The molecule has 1 fully saturated rings. The number of carbonyl (C=O) groups excluding carboxylic acids is 1. The highest BCUT2D eigenvalue weighted by molar-refractivity contribution is 7.89. The van der Waals surface area contributed by atoms with E-state index in [1.807, 2.05) is 36.6 Å². The number of carbonyl (C=O) groups is 1. The molecule has 8 nitrogen and oxygen atoms in total. The quantitative estimate of drug-likeness (QED) is 0.525. The van der Waals surface area contributed by atoms with Gasteiger partial charge >= 0.3 is 0 Å². The highest BCUT2D eigenvalue weighted by Gasteiger charge is 2.30. The molecule has 2 N–H and O–H groups in total. The van der Waals surface area contributed by atoms with Gasteiger partial charge in [-0.2, -0.15) is 0 Å². The van der Waals surface area contributed by atoms with Crippen molar-refractivity contribution in [3.8, 4) is 17.2 Å². The fraction of sp³-hybridized carbons (Fsp3) is 0.346. The van der Waals surface area contributed by atoms with Crippen molar-refractivity contribution in [1.82, 2.24) is 9.47 Å². The Balaban J connectivity index is 1.36. The lowest BCUT2D eigenvalue weighted by atomic mass is 10.0. The van der Waals surface area contributed by atoms with Gasteiger partial charge in [0, 0.05) is 28.7 Å². The molecule has 0 bridgehead atoms. The maximum Gasteiger partial charge on any atom is 0.238 e. The molecule has 1 aromatic heterocycles. The first kappa shape index (κ1) is 23.6. The van der Waals surface area contributed by atoms with Gasteiger partial charge in [0.1, 0.15) is 13.2 Å². The highest BCUT2D eigenvalue weighted by atomic mass is 32.2. The summed E-state index contributed by atoms with van der Waals surface area (Å²) < 4.78 is 36.5. The molecule has 0 unspecified atom stereocenters. The number of ketones is 1. The number of rotatable bonds is 6. The number of primary sulfonamides is 1. The van der Waals surface area contributed by atoms with E-state index < -0.39 is 10.0 Å². The number of aryl methyl sites for hydroxylation is 1. The van der Waals surface area contributed by atoms with Gasteiger partial charge in [0.25, 0.3) is 0 Å². The molecule has 0 spiro atoms. The monoisotopic (exact) mass is 495 g/mol. The standard InChI is InChI=1S/C26H29N3O5S/c1-17-14-22(18(2)29(17)20-6-8-21(9-7-20)35(27,31)32)24(30)16-28-11-3-4-23(28)19-5-10-25-26(15-19)34-13-12-33-25/h5-10,14-15,23H,3-4,11-13,16H2,1-2H3,(H2,27,31,32)/t23-/m1/s1. The van der Waals surface area contributed by atoms with E-state index in [9.17, 15) is 13.2 Å². The molecule has 2 aliphatic rings. The van der Waals surface area contributed by atoms with Crippen molar-refractivity contribution in [2.45, 2.75) is 37.6 Å². The van der Waals surface area contributed by atoms with Gasteiger partial charge < -0.3 is 14.0 Å². The molecule has 1 saturated heterocycles. The van der Waals surface area contributed by atoms with Crippen LogP contribution in [0.15, 0.2) is 53.4 Å². The Morgan fingerprint density at radius 3 is 2.46 bits per heavy atom. The summed E-state index contributed by atoms with van der Waals surface area (Å²) in [5.41, 5.74) is 4.32. The number of ether oxygens (including phenoxy) is 2. The van der Waals surface area contributed by atoms with Crippen LogP contribution in [-0.2, 0) is 10.0 Å². The third-order valence-electron chi connectivity index (χ3n) is 6.82. The van der Waals surface area contributed by atoms with Crippen LogP contribution in [0.1, 0.15) is 46.2 Å². The largest absolute Gasteiger partial charge is 0.486 e. The van der Waals surface area contributed by atoms with Gasteiger partial charge in [-0.05, 0) is 81.3 Å². The van der Waals surface area contributed by atoms with Crippen LogP contribution in [-0.4, -0.2) is 50.0 Å². The minimum atomic E-state index is -3.76. The highest BCUT2D eigenvalue weighted by Crippen LogP contribution is 2.38. The molecular formula is C26H29N3O5S. The first-order valence-corrected chi connectivity index (χ1v) is 13.3. The van der Waals surface area contributed by atoms with E-state index in [1.54, 1.807) is 12.1 Å². The SMILES string of the molecule is Cc1cc(C(=O)CN2CCC[C@@H]2c2ccc3c(c2)OCCO3)c(C)n1-c1ccc(S(N)(=O)=O)cc1. The van der Waals surface area contributed by atoms with Crippen LogP contribution in [0.2, 0.25) is 0 Å². The van der Waals surface area contributed by atoms with Crippen LogP contribution in [0.5, 0.6) is 11.5 Å². The average molecular weight is 496 g/mol. The van der Waals surface area contributed by atoms with Crippen LogP contribution in [0.4, 0.5) is 0 Å². The fourth-order valence-electron chi connectivity index (χ4n) is 5.16. The summed E-state index contributed by atoms with van der Waals surface area (Å²) in [6.45, 7) is 6.14. The number of likely N-dealkylation sites (tertiary alicyclic amines) is 1. The zero-order valence-corrected chi connectivity index (χ0v) is 20.7. The lowest BCUT2D eigenvalue weighted by Crippen LogP contribution is -2.30. The number of sulfonamides is 1. The van der Waals surface area contributed by atoms with Crippen LogP contribution in [0.3, 0.4) is 0 Å². The molecular weight excluding hydrogens is 466 g/mol. The third-order valence-corrected chi connectivity index (χ3v) is 7.75. The molecule has 9 heteroatoms. The van der Waals surface area contributed by atoms with Crippen LogP contribution >= 0.6 is 0 Å². The van der Waals surface area contributed by atoms with Crippen molar-refractivity contribution in [2.75, 3.05) is 26.3 Å². The number of Topliss-reactive ketones (excluding diaryl/α,β-unsaturated/α-hetero) is 1. The topological polar surface area (TPSA) is 104 Å². The molecule has 5 rings (SSSR count). The second-order valence-electron chi connectivity index (χ2n) is 9.11. The van der Waals surface area contributed by atoms with Gasteiger partial charge in [0.2, 0.25) is 10.0 Å². The van der Waals surface area contributed by atoms with E-state index >= 15 is 0 Å². The maximum atomic E-state index is 13.4. The van der Waals surface area contributed by atoms with E-state index in [1.165, 1.54) is 12.1 Å². The first-order chi connectivity index (χ1) is 16.7. The molecule has 0 amide bonds. The Kier molecular flexibility index (Phi) is 6.16. The lowest BCUT2D eigenvalue weighted by molar-refractivity contribution is 0.0920. The van der Waals surface area contributed by atoms with Gasteiger partial charge in [0.05, 0.1) is 11.4 Å². The fourth-order valence-corrected chi connectivity index (χ4v) is 5.67. The summed E-state index contributed by atoms with van der Waals surface area (Å²) in [5.74, 6) is 1.60. The van der Waals surface area contributed by atoms with E-state index in [2.05, 4.69) is 11.0 Å². The molecule has 3 heterocycles. The van der Waals surface area contributed by atoms with Gasteiger partial charge in [0.15, 0.2) is 17.3 Å². The molecule has 184 valence electrons. The van der Waals surface area contributed by atoms with Crippen molar-refractivity contribution in [2.24, 2.45) is 5.14 Å². The van der Waals surface area contributed by atoms with E-state index in [4.69, 9.17) is 14.6 Å². The van der Waals surface area contributed by atoms with E-state index in [-0.39, 0.29) is 16.7 Å². The van der Waals surface area contributed by atoms with Crippen LogP contribution in [0.25, 0.3) is 5.69 Å². The van der Waals surface area contributed by atoms with Crippen molar-refractivity contribution in [3.05, 3.63) is 71.0 Å². The molecule has 1 atom stereocenters. The Bertz CT molecular complexity index is 1380. The zero-order valence-electron chi connectivity index (χ0n) is 19.9. The Morgan fingerprint density at radius 1 is 1.03 bits per heavy atom. The molecule has 0 aliphatic carbocycles. The number of hydrogen-bond donors (Lipinski definition) is 1. The van der Waals surface area contributed by atoms with E-state index in [0.29, 0.717) is 25.3 Å². The van der Waals surface area contributed by atoms with Gasteiger partial charge in [-0.25, -0.2) is 13.6 Å². The second-order valence-corrected chi connectivity index (χ2v) is 10.7. The summed E-state index contributed by atoms with van der Waals surface area (Å²) in [5, 5.41) is 5.22. The van der Waals surface area contributed by atoms with Gasteiger partial charge in [-0.1, -0.05) is 6.07 Å². The number of hydrogen-bond acceptors (Lipinski definition) is 6. The minimum Gasteiger partial charge on any atom is -0.486 e. The molecule has 3 aromatic rings. The van der Waals surface area contributed by atoms with E-state index in [0.717, 1.165) is 53.5 Å². The van der Waals surface area contributed by atoms with Crippen molar-refractivity contribution in [3.63, 3.8) is 0 Å². The number of nitrogens with zero attached hydrogens (tertiary/aromatic N) is 2. The Labute approximate surface area is 205 Å². The third kappa shape index (κ3) is 4.59. The Morgan fingerprint density at radius 2 is 1.74 bits per heavy atom. The number of nitrogens with two attached hydrogens (primary N) is 1. The first-order valence-electron chi connectivity index (χ1n) is 11.7. The van der Waals surface area contributed by atoms with Gasteiger partial charge in [-0.15, -0.1) is 0 Å². The molecule has 2 aromatic carbocycles. The van der Waals surface area contributed by atoms with Crippen molar-refractivity contribution < 1.29 is 22.7 Å². The smallest absolute Gasteiger partial charge is 0.238 e. The van der Waals surface area contributed by atoms with Gasteiger partial charge in [-0.3, -0.25) is 9.69 Å². The lowest BCUT2D eigenvalue weighted by Gasteiger charge is -2.26. The predicted octanol–water partition coefficient (Wildman–Crippen LogP) is 3.53. The summed E-state index contributed by atoms with van der Waals surface area (Å²) in [7, 11) is -3.76. The van der Waals surface area contributed by atoms with Crippen LogP contribution in [0, 0.1) is 13.8 Å². The molecule has 0 saturated carbocycles. The average Bonchev–Trinajstić information content (AvgIpc) is 3.41. The summed E-state index contributed by atoms with van der Waals surface area (Å²) >= 11 is 0. The summed E-state index contributed by atoms with van der Waals surface area (Å²) in [6.07, 6.45) is 2.02. The summed E-state index contributed by atoms with van der Waals surface area (Å²) in [6, 6.07) is 14.5. The minimum absolute atomic E-state index is 0.0548. The van der Waals surface area contributed by atoms with Crippen LogP contribution < -0.4 is 14.6 Å². The molecule has 35 heavy (non-hydrogen) atoms. The maximum absolute atomic E-state index is 13.4.